The van der Waals surface area contributed by atoms with E-state index in [2.05, 4.69) is 17.6 Å². The van der Waals surface area contributed by atoms with Gasteiger partial charge in [0.25, 0.3) is 0 Å². The molecule has 124 valence electrons. The van der Waals surface area contributed by atoms with Crippen molar-refractivity contribution in [3.63, 3.8) is 0 Å². The number of hydrogen-bond acceptors (Lipinski definition) is 3. The smallest absolute Gasteiger partial charge is 0.401 e. The molecular formula is C16H23F3N2O. The third-order valence-electron chi connectivity index (χ3n) is 3.92. The molecule has 0 bridgehead atoms. The lowest BCUT2D eigenvalue weighted by atomic mass is 9.90. The molecule has 1 aliphatic heterocycles. The van der Waals surface area contributed by atoms with Crippen molar-refractivity contribution in [2.24, 2.45) is 0 Å². The van der Waals surface area contributed by atoms with Crippen molar-refractivity contribution in [3.8, 4) is 5.75 Å². The van der Waals surface area contributed by atoms with E-state index in [9.17, 15) is 13.2 Å². The molecule has 0 amide bonds. The van der Waals surface area contributed by atoms with E-state index in [4.69, 9.17) is 4.74 Å². The maximum absolute atomic E-state index is 12.2. The second-order valence-corrected chi connectivity index (χ2v) is 5.63. The van der Waals surface area contributed by atoms with E-state index in [1.807, 2.05) is 12.1 Å². The lowest BCUT2D eigenvalue weighted by Crippen LogP contribution is -2.31. The van der Waals surface area contributed by atoms with Gasteiger partial charge in [0, 0.05) is 18.2 Å². The average molecular weight is 316 g/mol. The summed E-state index contributed by atoms with van der Waals surface area (Å²) in [6.45, 7) is 2.21. The Kier molecular flexibility index (Phi) is 5.69. The molecule has 1 unspecified atom stereocenters. The first kappa shape index (κ1) is 17.1. The molecule has 1 aromatic rings. The highest BCUT2D eigenvalue weighted by atomic mass is 19.4. The van der Waals surface area contributed by atoms with Crippen LogP contribution in [0.15, 0.2) is 12.1 Å². The molecule has 1 aliphatic rings. The van der Waals surface area contributed by atoms with Crippen molar-refractivity contribution in [1.82, 2.24) is 10.6 Å². The third kappa shape index (κ3) is 4.36. The Balaban J connectivity index is 2.17. The SMILES string of the molecule is CCCC1NCCc2cc(CNCC(F)(F)F)c(OC)cc21. The molecule has 0 spiro atoms. The highest BCUT2D eigenvalue weighted by molar-refractivity contribution is 5.45. The molecular weight excluding hydrogens is 293 g/mol. The molecule has 2 N–H and O–H groups in total. The topological polar surface area (TPSA) is 33.3 Å². The molecule has 2 rings (SSSR count). The molecule has 0 aliphatic carbocycles. The normalized spacial score (nSPS) is 18.1. The van der Waals surface area contributed by atoms with Gasteiger partial charge in [0.15, 0.2) is 0 Å². The number of benzene rings is 1. The summed E-state index contributed by atoms with van der Waals surface area (Å²) < 4.78 is 42.1. The molecule has 1 aromatic carbocycles. The number of methoxy groups -OCH3 is 1. The van der Waals surface area contributed by atoms with Crippen LogP contribution in [0.1, 0.15) is 42.5 Å². The van der Waals surface area contributed by atoms with Gasteiger partial charge in [-0.3, -0.25) is 0 Å². The first-order valence-electron chi connectivity index (χ1n) is 7.65. The minimum absolute atomic E-state index is 0.155. The van der Waals surface area contributed by atoms with Gasteiger partial charge in [0.2, 0.25) is 0 Å². The van der Waals surface area contributed by atoms with Crippen LogP contribution in [0.5, 0.6) is 5.75 Å². The van der Waals surface area contributed by atoms with Crippen molar-refractivity contribution < 1.29 is 17.9 Å². The number of halogens is 3. The summed E-state index contributed by atoms with van der Waals surface area (Å²) in [5, 5.41) is 5.93. The van der Waals surface area contributed by atoms with E-state index in [0.717, 1.165) is 31.4 Å². The van der Waals surface area contributed by atoms with Gasteiger partial charge in [-0.05, 0) is 36.6 Å². The van der Waals surface area contributed by atoms with E-state index in [-0.39, 0.29) is 6.54 Å². The Morgan fingerprint density at radius 2 is 2.14 bits per heavy atom. The van der Waals surface area contributed by atoms with E-state index >= 15 is 0 Å². The van der Waals surface area contributed by atoms with Gasteiger partial charge in [0.05, 0.1) is 13.7 Å². The van der Waals surface area contributed by atoms with Crippen LogP contribution in [0.3, 0.4) is 0 Å². The summed E-state index contributed by atoms with van der Waals surface area (Å²) in [6.07, 6.45) is -1.18. The Hall–Kier alpha value is -1.27. The van der Waals surface area contributed by atoms with Crippen molar-refractivity contribution in [2.45, 2.75) is 44.9 Å². The molecule has 22 heavy (non-hydrogen) atoms. The lowest BCUT2D eigenvalue weighted by Gasteiger charge is -2.28. The van der Waals surface area contributed by atoms with E-state index in [0.29, 0.717) is 11.8 Å². The minimum Gasteiger partial charge on any atom is -0.496 e. The second-order valence-electron chi connectivity index (χ2n) is 5.63. The summed E-state index contributed by atoms with van der Waals surface area (Å²) >= 11 is 0. The number of alkyl halides is 3. The standard InChI is InChI=1S/C16H23F3N2O/c1-3-4-14-13-8-15(22-2)12(7-11(13)5-6-21-14)9-20-10-16(17,18)19/h7-8,14,20-21H,3-6,9-10H2,1-2H3. The number of hydrogen-bond donors (Lipinski definition) is 2. The Labute approximate surface area is 129 Å². The Morgan fingerprint density at radius 1 is 1.36 bits per heavy atom. The molecule has 0 aromatic heterocycles. The molecule has 6 heteroatoms. The molecule has 3 nitrogen and oxygen atoms in total. The fourth-order valence-electron chi connectivity index (χ4n) is 2.94. The zero-order valence-corrected chi connectivity index (χ0v) is 13.0. The quantitative estimate of drug-likeness (QED) is 0.844. The van der Waals surface area contributed by atoms with Gasteiger partial charge in [0.1, 0.15) is 5.75 Å². The maximum atomic E-state index is 12.2. The number of ether oxygens (including phenoxy) is 1. The Bertz CT molecular complexity index is 503. The fraction of sp³-hybridized carbons (Fsp3) is 0.625. The predicted molar refractivity (Wildman–Crippen MR) is 80.1 cm³/mol. The zero-order chi connectivity index (χ0) is 16.2. The molecule has 1 heterocycles. The van der Waals surface area contributed by atoms with Crippen LogP contribution in [-0.2, 0) is 13.0 Å². The van der Waals surface area contributed by atoms with Gasteiger partial charge in [-0.15, -0.1) is 0 Å². The second kappa shape index (κ2) is 7.33. The summed E-state index contributed by atoms with van der Waals surface area (Å²) in [5.74, 6) is 0.651. The number of nitrogens with one attached hydrogen (secondary N) is 2. The first-order chi connectivity index (χ1) is 10.4. The van der Waals surface area contributed by atoms with Gasteiger partial charge < -0.3 is 15.4 Å². The summed E-state index contributed by atoms with van der Waals surface area (Å²) in [6, 6.07) is 4.27. The van der Waals surface area contributed by atoms with E-state index in [1.54, 1.807) is 7.11 Å². The zero-order valence-electron chi connectivity index (χ0n) is 13.0. The van der Waals surface area contributed by atoms with Crippen LogP contribution < -0.4 is 15.4 Å². The van der Waals surface area contributed by atoms with Crippen LogP contribution >= 0.6 is 0 Å². The average Bonchev–Trinajstić information content (AvgIpc) is 2.46. The van der Waals surface area contributed by atoms with Gasteiger partial charge in [-0.1, -0.05) is 19.4 Å². The van der Waals surface area contributed by atoms with Crippen LogP contribution in [0.25, 0.3) is 0 Å². The third-order valence-corrected chi connectivity index (χ3v) is 3.92. The van der Waals surface area contributed by atoms with Crippen molar-refractivity contribution in [3.05, 3.63) is 28.8 Å². The van der Waals surface area contributed by atoms with Crippen LogP contribution in [0, 0.1) is 0 Å². The largest absolute Gasteiger partial charge is 0.496 e. The highest BCUT2D eigenvalue weighted by Gasteiger charge is 2.27. The number of fused-ring (bicyclic) bond motifs is 1. The number of rotatable bonds is 6. The molecule has 0 radical (unpaired) electrons. The van der Waals surface area contributed by atoms with Crippen molar-refractivity contribution in [2.75, 3.05) is 20.2 Å². The monoisotopic (exact) mass is 316 g/mol. The van der Waals surface area contributed by atoms with Crippen LogP contribution in [0.2, 0.25) is 0 Å². The first-order valence-corrected chi connectivity index (χ1v) is 7.65. The van der Waals surface area contributed by atoms with E-state index in [1.165, 1.54) is 11.1 Å². The molecule has 0 saturated heterocycles. The maximum Gasteiger partial charge on any atom is 0.401 e. The fourth-order valence-corrected chi connectivity index (χ4v) is 2.94. The summed E-state index contributed by atoms with van der Waals surface area (Å²) in [4.78, 5) is 0. The van der Waals surface area contributed by atoms with E-state index < -0.39 is 12.7 Å². The highest BCUT2D eigenvalue weighted by Crippen LogP contribution is 2.32. The van der Waals surface area contributed by atoms with Crippen LogP contribution in [0.4, 0.5) is 13.2 Å². The summed E-state index contributed by atoms with van der Waals surface area (Å²) in [7, 11) is 1.56. The van der Waals surface area contributed by atoms with Crippen LogP contribution in [-0.4, -0.2) is 26.4 Å². The van der Waals surface area contributed by atoms with Gasteiger partial charge in [-0.2, -0.15) is 13.2 Å². The van der Waals surface area contributed by atoms with Gasteiger partial charge in [-0.25, -0.2) is 0 Å². The molecule has 0 fully saturated rings. The lowest BCUT2D eigenvalue weighted by molar-refractivity contribution is -0.125. The van der Waals surface area contributed by atoms with Gasteiger partial charge >= 0.3 is 6.18 Å². The predicted octanol–water partition coefficient (Wildman–Crippen LogP) is 3.33. The molecule has 0 saturated carbocycles. The Morgan fingerprint density at radius 3 is 2.77 bits per heavy atom. The van der Waals surface area contributed by atoms with Crippen molar-refractivity contribution in [1.29, 1.82) is 0 Å². The van der Waals surface area contributed by atoms with Crippen molar-refractivity contribution >= 4 is 0 Å². The minimum atomic E-state index is -4.20. The summed E-state index contributed by atoms with van der Waals surface area (Å²) in [5.41, 5.74) is 3.20. The molecule has 1 atom stereocenters.